The lowest BCUT2D eigenvalue weighted by atomic mass is 10.1. The number of benzene rings is 2. The molecule has 2 aromatic carbocycles. The number of carbonyl (C=O) groups excluding carboxylic acids is 1. The lowest BCUT2D eigenvalue weighted by Crippen LogP contribution is -2.24. The third-order valence-corrected chi connectivity index (χ3v) is 3.36. The van der Waals surface area contributed by atoms with Gasteiger partial charge in [0, 0.05) is 13.1 Å². The number of hydrogen-bond acceptors (Lipinski definition) is 2. The van der Waals surface area contributed by atoms with Crippen LogP contribution in [-0.2, 0) is 24.3 Å². The zero-order chi connectivity index (χ0) is 14.4. The lowest BCUT2D eigenvalue weighted by molar-refractivity contribution is -0.120. The Morgan fingerprint density at radius 3 is 2.35 bits per heavy atom. The summed E-state index contributed by atoms with van der Waals surface area (Å²) < 4.78 is 0. The minimum atomic E-state index is 0.0437. The summed E-state index contributed by atoms with van der Waals surface area (Å²) in [6.45, 7) is 3.11. The number of carbonyl (C=O) groups is 1. The fraction of sp³-hybridized carbons (Fsp3) is 0.235. The summed E-state index contributed by atoms with van der Waals surface area (Å²) in [6.07, 6.45) is 0.424. The largest absolute Gasteiger partial charge is 0.352 e. The molecule has 0 saturated carbocycles. The maximum absolute atomic E-state index is 11.9. The predicted octanol–water partition coefficient (Wildman–Crippen LogP) is 2.31. The van der Waals surface area contributed by atoms with E-state index in [1.807, 2.05) is 55.5 Å². The molecule has 3 nitrogen and oxygen atoms in total. The Bertz CT molecular complexity index is 576. The molecular formula is C17H20N2O. The van der Waals surface area contributed by atoms with Crippen LogP contribution in [0.25, 0.3) is 0 Å². The van der Waals surface area contributed by atoms with Crippen LogP contribution >= 0.6 is 0 Å². The van der Waals surface area contributed by atoms with Gasteiger partial charge in [0.15, 0.2) is 0 Å². The normalized spacial score (nSPS) is 10.3. The molecule has 104 valence electrons. The molecule has 1 amide bonds. The van der Waals surface area contributed by atoms with E-state index in [-0.39, 0.29) is 5.91 Å². The van der Waals surface area contributed by atoms with Crippen molar-refractivity contribution in [2.45, 2.75) is 26.4 Å². The van der Waals surface area contributed by atoms with Crippen molar-refractivity contribution in [3.8, 4) is 0 Å². The van der Waals surface area contributed by atoms with E-state index in [0.29, 0.717) is 19.5 Å². The number of amides is 1. The van der Waals surface area contributed by atoms with Crippen molar-refractivity contribution in [2.75, 3.05) is 0 Å². The van der Waals surface area contributed by atoms with Gasteiger partial charge in [0.05, 0.1) is 6.42 Å². The van der Waals surface area contributed by atoms with E-state index < -0.39 is 0 Å². The highest BCUT2D eigenvalue weighted by Crippen LogP contribution is 2.08. The molecule has 2 aromatic rings. The van der Waals surface area contributed by atoms with Gasteiger partial charge in [-0.2, -0.15) is 0 Å². The van der Waals surface area contributed by atoms with Crippen LogP contribution in [0.5, 0.6) is 0 Å². The summed E-state index contributed by atoms with van der Waals surface area (Å²) in [4.78, 5) is 11.9. The van der Waals surface area contributed by atoms with Gasteiger partial charge in [-0.25, -0.2) is 0 Å². The van der Waals surface area contributed by atoms with Crippen LogP contribution in [0.15, 0.2) is 48.5 Å². The second kappa shape index (κ2) is 6.87. The van der Waals surface area contributed by atoms with Crippen molar-refractivity contribution in [1.82, 2.24) is 5.32 Å². The lowest BCUT2D eigenvalue weighted by Gasteiger charge is -2.08. The fourth-order valence-corrected chi connectivity index (χ4v) is 2.04. The van der Waals surface area contributed by atoms with Crippen LogP contribution in [0.4, 0.5) is 0 Å². The van der Waals surface area contributed by atoms with Crippen LogP contribution in [0.1, 0.15) is 22.3 Å². The summed E-state index contributed by atoms with van der Waals surface area (Å²) in [6, 6.07) is 15.9. The Kier molecular flexibility index (Phi) is 4.91. The molecule has 0 aromatic heterocycles. The van der Waals surface area contributed by atoms with E-state index in [1.54, 1.807) is 0 Å². The Balaban J connectivity index is 1.87. The minimum Gasteiger partial charge on any atom is -0.352 e. The molecule has 0 aliphatic heterocycles. The van der Waals surface area contributed by atoms with E-state index in [4.69, 9.17) is 5.73 Å². The van der Waals surface area contributed by atoms with Crippen LogP contribution in [-0.4, -0.2) is 5.91 Å². The Morgan fingerprint density at radius 1 is 1.05 bits per heavy atom. The fourth-order valence-electron chi connectivity index (χ4n) is 2.04. The molecule has 3 N–H and O–H groups in total. The number of nitrogens with one attached hydrogen (secondary N) is 1. The van der Waals surface area contributed by atoms with E-state index >= 15 is 0 Å². The molecule has 0 heterocycles. The predicted molar refractivity (Wildman–Crippen MR) is 81.1 cm³/mol. The maximum Gasteiger partial charge on any atom is 0.224 e. The van der Waals surface area contributed by atoms with Gasteiger partial charge in [-0.15, -0.1) is 0 Å². The highest BCUT2D eigenvalue weighted by atomic mass is 16.1. The van der Waals surface area contributed by atoms with Gasteiger partial charge in [0.25, 0.3) is 0 Å². The third-order valence-electron chi connectivity index (χ3n) is 3.36. The second-order valence-corrected chi connectivity index (χ2v) is 4.90. The van der Waals surface area contributed by atoms with Crippen LogP contribution in [0.2, 0.25) is 0 Å². The molecule has 0 aliphatic carbocycles. The average molecular weight is 268 g/mol. The summed E-state index contributed by atoms with van der Waals surface area (Å²) in [5.41, 5.74) is 9.95. The van der Waals surface area contributed by atoms with E-state index in [1.165, 1.54) is 0 Å². The number of rotatable bonds is 5. The molecule has 0 aliphatic rings. The summed E-state index contributed by atoms with van der Waals surface area (Å²) >= 11 is 0. The van der Waals surface area contributed by atoms with E-state index in [0.717, 1.165) is 22.3 Å². The molecule has 0 atom stereocenters. The molecule has 3 heteroatoms. The standard InChI is InChI=1S/C17H20N2O/c1-13-4-2-3-5-16(13)10-17(20)19-12-15-8-6-14(11-18)7-9-15/h2-9H,10-12,18H2,1H3,(H,19,20). The average Bonchev–Trinajstić information content (AvgIpc) is 2.48. The van der Waals surface area contributed by atoms with Crippen LogP contribution in [0.3, 0.4) is 0 Å². The second-order valence-electron chi connectivity index (χ2n) is 4.90. The van der Waals surface area contributed by atoms with Gasteiger partial charge < -0.3 is 11.1 Å². The molecule has 0 fully saturated rings. The van der Waals surface area contributed by atoms with Crippen LogP contribution < -0.4 is 11.1 Å². The topological polar surface area (TPSA) is 55.1 Å². The molecule has 2 rings (SSSR count). The van der Waals surface area contributed by atoms with Gasteiger partial charge in [0.2, 0.25) is 5.91 Å². The Hall–Kier alpha value is -2.13. The van der Waals surface area contributed by atoms with Gasteiger partial charge in [0.1, 0.15) is 0 Å². The van der Waals surface area contributed by atoms with Crippen molar-refractivity contribution < 1.29 is 4.79 Å². The van der Waals surface area contributed by atoms with Crippen LogP contribution in [0, 0.1) is 6.92 Å². The van der Waals surface area contributed by atoms with E-state index in [9.17, 15) is 4.79 Å². The zero-order valence-electron chi connectivity index (χ0n) is 11.7. The third kappa shape index (κ3) is 3.93. The first-order valence-corrected chi connectivity index (χ1v) is 6.78. The number of aryl methyl sites for hydroxylation is 1. The SMILES string of the molecule is Cc1ccccc1CC(=O)NCc1ccc(CN)cc1. The molecule has 0 saturated heterocycles. The molecule has 0 radical (unpaired) electrons. The molecule has 20 heavy (non-hydrogen) atoms. The van der Waals surface area contributed by atoms with Gasteiger partial charge in [-0.1, -0.05) is 48.5 Å². The van der Waals surface area contributed by atoms with Gasteiger partial charge in [-0.3, -0.25) is 4.79 Å². The molecule has 0 bridgehead atoms. The van der Waals surface area contributed by atoms with Crippen molar-refractivity contribution in [3.63, 3.8) is 0 Å². The first-order chi connectivity index (χ1) is 9.69. The zero-order valence-corrected chi connectivity index (χ0v) is 11.7. The van der Waals surface area contributed by atoms with Crippen molar-refractivity contribution in [2.24, 2.45) is 5.73 Å². The highest BCUT2D eigenvalue weighted by molar-refractivity contribution is 5.78. The molecule has 0 unspecified atom stereocenters. The van der Waals surface area contributed by atoms with Crippen molar-refractivity contribution in [1.29, 1.82) is 0 Å². The summed E-state index contributed by atoms with van der Waals surface area (Å²) in [5.74, 6) is 0.0437. The summed E-state index contributed by atoms with van der Waals surface area (Å²) in [7, 11) is 0. The Labute approximate surface area is 119 Å². The number of hydrogen-bond donors (Lipinski definition) is 2. The highest BCUT2D eigenvalue weighted by Gasteiger charge is 2.05. The smallest absolute Gasteiger partial charge is 0.224 e. The van der Waals surface area contributed by atoms with Gasteiger partial charge >= 0.3 is 0 Å². The molecule has 0 spiro atoms. The first-order valence-electron chi connectivity index (χ1n) is 6.78. The van der Waals surface area contributed by atoms with E-state index in [2.05, 4.69) is 5.32 Å². The first kappa shape index (κ1) is 14.3. The van der Waals surface area contributed by atoms with Crippen molar-refractivity contribution >= 4 is 5.91 Å². The minimum absolute atomic E-state index is 0.0437. The Morgan fingerprint density at radius 2 is 1.70 bits per heavy atom. The quantitative estimate of drug-likeness (QED) is 0.874. The van der Waals surface area contributed by atoms with Gasteiger partial charge in [-0.05, 0) is 29.2 Å². The molecular weight excluding hydrogens is 248 g/mol. The summed E-state index contributed by atoms with van der Waals surface area (Å²) in [5, 5.41) is 2.94. The number of nitrogens with two attached hydrogens (primary N) is 1. The monoisotopic (exact) mass is 268 g/mol. The maximum atomic E-state index is 11.9. The van der Waals surface area contributed by atoms with Crippen molar-refractivity contribution in [3.05, 3.63) is 70.8 Å².